The zero-order valence-corrected chi connectivity index (χ0v) is 14.1. The summed E-state index contributed by atoms with van der Waals surface area (Å²) in [6, 6.07) is 5.47. The number of rotatable bonds is 4. The highest BCUT2D eigenvalue weighted by atomic mass is 32.2. The molecule has 23 heavy (non-hydrogen) atoms. The van der Waals surface area contributed by atoms with Gasteiger partial charge in [0.15, 0.2) is 0 Å². The van der Waals surface area contributed by atoms with Crippen molar-refractivity contribution in [2.24, 2.45) is 0 Å². The Labute approximate surface area is 137 Å². The number of benzene rings is 1. The first-order valence-corrected chi connectivity index (χ1v) is 9.35. The monoisotopic (exact) mass is 338 g/mol. The lowest BCUT2D eigenvalue weighted by Gasteiger charge is -2.34. The molecule has 2 aliphatic rings. The molecule has 126 valence electrons. The third-order valence-corrected chi connectivity index (χ3v) is 6.46. The molecule has 0 radical (unpaired) electrons. The molecule has 1 aliphatic carbocycles. The van der Waals surface area contributed by atoms with Gasteiger partial charge in [-0.2, -0.15) is 4.31 Å². The van der Waals surface area contributed by atoms with Crippen LogP contribution < -0.4 is 0 Å². The molecule has 1 aromatic carbocycles. The SMILES string of the molecule is COCC(=O)N1CCN(S(=O)(=O)c2ccc3c(c2)CCC3)CC1. The third-order valence-electron chi connectivity index (χ3n) is 4.57. The summed E-state index contributed by atoms with van der Waals surface area (Å²) in [5, 5.41) is 0. The second-order valence-corrected chi connectivity index (χ2v) is 7.94. The number of hydrogen-bond donors (Lipinski definition) is 0. The molecule has 7 heteroatoms. The van der Waals surface area contributed by atoms with Gasteiger partial charge in [0.2, 0.25) is 15.9 Å². The molecule has 1 heterocycles. The molecule has 1 aromatic rings. The lowest BCUT2D eigenvalue weighted by atomic mass is 10.1. The van der Waals surface area contributed by atoms with E-state index in [-0.39, 0.29) is 12.5 Å². The lowest BCUT2D eigenvalue weighted by molar-refractivity contribution is -0.136. The van der Waals surface area contributed by atoms with Crippen LogP contribution in [0.5, 0.6) is 0 Å². The van der Waals surface area contributed by atoms with Crippen molar-refractivity contribution in [2.45, 2.75) is 24.2 Å². The predicted molar refractivity (Wildman–Crippen MR) is 85.7 cm³/mol. The predicted octanol–water partition coefficient (Wildman–Crippen LogP) is 0.655. The standard InChI is InChI=1S/C16H22N2O4S/c1-22-12-16(19)17-7-9-18(10-8-17)23(20,21)15-6-5-13-3-2-4-14(13)11-15/h5-6,11H,2-4,7-10,12H2,1H3. The van der Waals surface area contributed by atoms with Crippen molar-refractivity contribution in [3.8, 4) is 0 Å². The molecule has 0 saturated carbocycles. The highest BCUT2D eigenvalue weighted by molar-refractivity contribution is 7.89. The Morgan fingerprint density at radius 1 is 1.13 bits per heavy atom. The Balaban J connectivity index is 1.71. The van der Waals surface area contributed by atoms with Gasteiger partial charge in [-0.25, -0.2) is 8.42 Å². The number of piperazine rings is 1. The summed E-state index contributed by atoms with van der Waals surface area (Å²) < 4.78 is 31.9. The van der Waals surface area contributed by atoms with Crippen LogP contribution in [0.4, 0.5) is 0 Å². The third kappa shape index (κ3) is 3.27. The molecule has 1 fully saturated rings. The Bertz CT molecular complexity index is 694. The minimum atomic E-state index is -3.48. The number of fused-ring (bicyclic) bond motifs is 1. The van der Waals surface area contributed by atoms with E-state index in [9.17, 15) is 13.2 Å². The van der Waals surface area contributed by atoms with Crippen LogP contribution in [0.3, 0.4) is 0 Å². The van der Waals surface area contributed by atoms with Crippen LogP contribution in [0.2, 0.25) is 0 Å². The smallest absolute Gasteiger partial charge is 0.248 e. The molecule has 1 aliphatic heterocycles. The number of methoxy groups -OCH3 is 1. The van der Waals surface area contributed by atoms with Crippen molar-refractivity contribution in [1.29, 1.82) is 0 Å². The summed E-state index contributed by atoms with van der Waals surface area (Å²) in [6.45, 7) is 1.51. The Hall–Kier alpha value is -1.44. The van der Waals surface area contributed by atoms with Gasteiger partial charge in [-0.3, -0.25) is 4.79 Å². The zero-order chi connectivity index (χ0) is 16.4. The molecule has 0 spiro atoms. The minimum Gasteiger partial charge on any atom is -0.375 e. The second-order valence-electron chi connectivity index (χ2n) is 6.00. The number of ether oxygens (including phenoxy) is 1. The number of sulfonamides is 1. The van der Waals surface area contributed by atoms with Crippen molar-refractivity contribution in [1.82, 2.24) is 9.21 Å². The van der Waals surface area contributed by atoms with E-state index in [0.717, 1.165) is 24.8 Å². The van der Waals surface area contributed by atoms with Crippen LogP contribution in [0.25, 0.3) is 0 Å². The van der Waals surface area contributed by atoms with E-state index >= 15 is 0 Å². The van der Waals surface area contributed by atoms with E-state index in [1.165, 1.54) is 17.0 Å². The van der Waals surface area contributed by atoms with Crippen molar-refractivity contribution >= 4 is 15.9 Å². The highest BCUT2D eigenvalue weighted by Gasteiger charge is 2.30. The molecular weight excluding hydrogens is 316 g/mol. The average Bonchev–Trinajstić information content (AvgIpc) is 3.03. The van der Waals surface area contributed by atoms with Gasteiger partial charge < -0.3 is 9.64 Å². The molecule has 0 N–H and O–H groups in total. The number of aryl methyl sites for hydroxylation is 2. The van der Waals surface area contributed by atoms with E-state index in [1.807, 2.05) is 12.1 Å². The van der Waals surface area contributed by atoms with Crippen molar-refractivity contribution in [2.75, 3.05) is 39.9 Å². The van der Waals surface area contributed by atoms with E-state index in [0.29, 0.717) is 31.1 Å². The van der Waals surface area contributed by atoms with Crippen LogP contribution in [-0.2, 0) is 32.4 Å². The van der Waals surface area contributed by atoms with E-state index in [1.54, 1.807) is 11.0 Å². The van der Waals surface area contributed by atoms with Crippen molar-refractivity contribution in [3.63, 3.8) is 0 Å². The number of hydrogen-bond acceptors (Lipinski definition) is 4. The minimum absolute atomic E-state index is 0.0393. The summed E-state index contributed by atoms with van der Waals surface area (Å²) in [6.07, 6.45) is 3.09. The molecule has 0 atom stereocenters. The Morgan fingerprint density at radius 2 is 1.83 bits per heavy atom. The first kappa shape index (κ1) is 16.4. The summed E-state index contributed by atoms with van der Waals surface area (Å²) in [4.78, 5) is 13.8. The second kappa shape index (κ2) is 6.59. The van der Waals surface area contributed by atoms with Crippen LogP contribution in [-0.4, -0.2) is 63.4 Å². The quantitative estimate of drug-likeness (QED) is 0.809. The van der Waals surface area contributed by atoms with Gasteiger partial charge in [0.1, 0.15) is 6.61 Å². The molecule has 1 saturated heterocycles. The van der Waals surface area contributed by atoms with Crippen molar-refractivity contribution < 1.29 is 17.9 Å². The van der Waals surface area contributed by atoms with Crippen molar-refractivity contribution in [3.05, 3.63) is 29.3 Å². The molecule has 1 amide bonds. The lowest BCUT2D eigenvalue weighted by Crippen LogP contribution is -2.51. The van der Waals surface area contributed by atoms with Gasteiger partial charge in [-0.1, -0.05) is 6.07 Å². The fourth-order valence-electron chi connectivity index (χ4n) is 3.25. The number of amides is 1. The van der Waals surface area contributed by atoms with Gasteiger partial charge >= 0.3 is 0 Å². The first-order chi connectivity index (χ1) is 11.0. The maximum absolute atomic E-state index is 12.8. The van der Waals surface area contributed by atoms with Gasteiger partial charge in [0.05, 0.1) is 4.90 Å². The summed E-state index contributed by atoms with van der Waals surface area (Å²) in [5.74, 6) is -0.0953. The number of nitrogens with zero attached hydrogens (tertiary/aromatic N) is 2. The molecular formula is C16H22N2O4S. The van der Waals surface area contributed by atoms with E-state index in [4.69, 9.17) is 4.74 Å². The molecule has 6 nitrogen and oxygen atoms in total. The average molecular weight is 338 g/mol. The van der Waals surface area contributed by atoms with Gasteiger partial charge in [-0.15, -0.1) is 0 Å². The van der Waals surface area contributed by atoms with Gasteiger partial charge in [0, 0.05) is 33.3 Å². The topological polar surface area (TPSA) is 66.9 Å². The molecule has 0 bridgehead atoms. The van der Waals surface area contributed by atoms with Crippen LogP contribution >= 0.6 is 0 Å². The summed E-state index contributed by atoms with van der Waals surface area (Å²) in [7, 11) is -2.00. The van der Waals surface area contributed by atoms with E-state index in [2.05, 4.69) is 0 Å². The number of carbonyl (C=O) groups is 1. The molecule has 3 rings (SSSR count). The first-order valence-electron chi connectivity index (χ1n) is 7.91. The van der Waals surface area contributed by atoms with Crippen LogP contribution in [0, 0.1) is 0 Å². The summed E-state index contributed by atoms with van der Waals surface area (Å²) in [5.41, 5.74) is 2.42. The maximum Gasteiger partial charge on any atom is 0.248 e. The largest absolute Gasteiger partial charge is 0.375 e. The highest BCUT2D eigenvalue weighted by Crippen LogP contribution is 2.26. The Morgan fingerprint density at radius 3 is 2.52 bits per heavy atom. The fourth-order valence-corrected chi connectivity index (χ4v) is 4.72. The van der Waals surface area contributed by atoms with Crippen LogP contribution in [0.15, 0.2) is 23.1 Å². The van der Waals surface area contributed by atoms with Gasteiger partial charge in [0.25, 0.3) is 0 Å². The fraction of sp³-hybridized carbons (Fsp3) is 0.562. The number of carbonyl (C=O) groups excluding carboxylic acids is 1. The molecule has 0 unspecified atom stereocenters. The Kier molecular flexibility index (Phi) is 4.70. The van der Waals surface area contributed by atoms with Crippen LogP contribution in [0.1, 0.15) is 17.5 Å². The summed E-state index contributed by atoms with van der Waals surface area (Å²) >= 11 is 0. The van der Waals surface area contributed by atoms with Gasteiger partial charge in [-0.05, 0) is 42.5 Å². The van der Waals surface area contributed by atoms with E-state index < -0.39 is 10.0 Å². The maximum atomic E-state index is 12.8. The molecule has 0 aromatic heterocycles. The normalized spacial score (nSPS) is 18.9. The zero-order valence-electron chi connectivity index (χ0n) is 13.3.